The second-order valence-electron chi connectivity index (χ2n) is 6.29. The fourth-order valence-electron chi connectivity index (χ4n) is 3.60. The van der Waals surface area contributed by atoms with E-state index in [1.165, 1.54) is 6.42 Å². The summed E-state index contributed by atoms with van der Waals surface area (Å²) in [5.41, 5.74) is 1.88. The first kappa shape index (κ1) is 15.0. The van der Waals surface area contributed by atoms with E-state index in [0.29, 0.717) is 23.9 Å². The van der Waals surface area contributed by atoms with E-state index >= 15 is 0 Å². The van der Waals surface area contributed by atoms with E-state index in [-0.39, 0.29) is 6.04 Å². The molecule has 1 heterocycles. The molecule has 2 bridgehead atoms. The maximum atomic E-state index is 13.0. The quantitative estimate of drug-likeness (QED) is 0.908. The van der Waals surface area contributed by atoms with Crippen molar-refractivity contribution in [2.45, 2.75) is 50.6 Å². The molecule has 2 unspecified atom stereocenters. The maximum absolute atomic E-state index is 13.0. The van der Waals surface area contributed by atoms with Gasteiger partial charge in [0.25, 0.3) is 0 Å². The minimum Gasteiger partial charge on any atom is -0.313 e. The molecule has 21 heavy (non-hydrogen) atoms. The maximum Gasteiger partial charge on any atom is 0.243 e. The average Bonchev–Trinajstić information content (AvgIpc) is 3.09. The second kappa shape index (κ2) is 5.71. The molecule has 1 saturated heterocycles. The van der Waals surface area contributed by atoms with Gasteiger partial charge in [0, 0.05) is 19.1 Å². The molecule has 1 aromatic rings. The third kappa shape index (κ3) is 2.74. The lowest BCUT2D eigenvalue weighted by atomic mass is 10.1. The van der Waals surface area contributed by atoms with Crippen LogP contribution in [0.2, 0.25) is 0 Å². The number of piperidine rings is 1. The highest BCUT2D eigenvalue weighted by atomic mass is 32.2. The van der Waals surface area contributed by atoms with Crippen LogP contribution >= 0.6 is 0 Å². The van der Waals surface area contributed by atoms with Gasteiger partial charge in [-0.15, -0.1) is 0 Å². The third-order valence-corrected chi connectivity index (χ3v) is 6.84. The lowest BCUT2D eigenvalue weighted by Crippen LogP contribution is -2.38. The van der Waals surface area contributed by atoms with E-state index in [0.717, 1.165) is 30.5 Å². The number of fused-ring (bicyclic) bond motifs is 2. The zero-order valence-corrected chi connectivity index (χ0v) is 13.6. The topological polar surface area (TPSA) is 49.4 Å². The van der Waals surface area contributed by atoms with Gasteiger partial charge in [0.2, 0.25) is 10.0 Å². The van der Waals surface area contributed by atoms with Crippen molar-refractivity contribution in [3.63, 3.8) is 0 Å². The van der Waals surface area contributed by atoms with E-state index in [9.17, 15) is 8.42 Å². The Hall–Kier alpha value is -0.910. The van der Waals surface area contributed by atoms with Crippen LogP contribution in [0.4, 0.5) is 0 Å². The molecular formula is C16H24N2O2S. The van der Waals surface area contributed by atoms with Crippen molar-refractivity contribution in [1.82, 2.24) is 9.62 Å². The summed E-state index contributed by atoms with van der Waals surface area (Å²) in [5.74, 6) is 0.579. The molecule has 116 valence electrons. The summed E-state index contributed by atoms with van der Waals surface area (Å²) >= 11 is 0. The van der Waals surface area contributed by atoms with Gasteiger partial charge >= 0.3 is 0 Å². The van der Waals surface area contributed by atoms with Crippen LogP contribution in [0.25, 0.3) is 0 Å². The van der Waals surface area contributed by atoms with E-state index in [1.807, 2.05) is 32.0 Å². The molecule has 4 nitrogen and oxygen atoms in total. The van der Waals surface area contributed by atoms with Gasteiger partial charge in [-0.3, -0.25) is 0 Å². The van der Waals surface area contributed by atoms with Crippen molar-refractivity contribution in [2.24, 2.45) is 5.92 Å². The van der Waals surface area contributed by atoms with Crippen LogP contribution in [0.5, 0.6) is 0 Å². The summed E-state index contributed by atoms with van der Waals surface area (Å²) in [6.45, 7) is 6.24. The van der Waals surface area contributed by atoms with Crippen LogP contribution < -0.4 is 5.32 Å². The predicted molar refractivity (Wildman–Crippen MR) is 83.6 cm³/mol. The van der Waals surface area contributed by atoms with Crippen LogP contribution in [-0.2, 0) is 16.6 Å². The van der Waals surface area contributed by atoms with Gasteiger partial charge in [-0.2, -0.15) is 4.31 Å². The standard InChI is InChI=1S/C16H24N2O2S/c1-3-17-10-13-5-4-12(2)16(9-13)21(19,20)18-11-14-6-7-15(18)8-14/h4-5,9,14-15,17H,3,6-8,10-11H2,1-2H3. The summed E-state index contributed by atoms with van der Waals surface area (Å²) < 4.78 is 27.7. The van der Waals surface area contributed by atoms with Crippen molar-refractivity contribution in [3.8, 4) is 0 Å². The number of nitrogens with zero attached hydrogens (tertiary/aromatic N) is 1. The lowest BCUT2D eigenvalue weighted by Gasteiger charge is -2.27. The molecule has 2 fully saturated rings. The van der Waals surface area contributed by atoms with Gasteiger partial charge in [0.15, 0.2) is 0 Å². The van der Waals surface area contributed by atoms with Gasteiger partial charge in [0.05, 0.1) is 4.90 Å². The molecule has 1 saturated carbocycles. The number of sulfonamides is 1. The predicted octanol–water partition coefficient (Wildman–Crippen LogP) is 2.28. The normalized spacial score (nSPS) is 25.6. The van der Waals surface area contributed by atoms with Crippen molar-refractivity contribution < 1.29 is 8.42 Å². The van der Waals surface area contributed by atoms with Crippen LogP contribution in [0.3, 0.4) is 0 Å². The first-order valence-electron chi connectivity index (χ1n) is 7.84. The van der Waals surface area contributed by atoms with E-state index < -0.39 is 10.0 Å². The Morgan fingerprint density at radius 2 is 2.14 bits per heavy atom. The highest BCUT2D eigenvalue weighted by Gasteiger charge is 2.44. The minimum atomic E-state index is -3.34. The Kier molecular flexibility index (Phi) is 4.08. The average molecular weight is 308 g/mol. The molecule has 2 atom stereocenters. The molecule has 3 rings (SSSR count). The Bertz CT molecular complexity index is 627. The monoisotopic (exact) mass is 308 g/mol. The van der Waals surface area contributed by atoms with E-state index in [1.54, 1.807) is 4.31 Å². The first-order valence-corrected chi connectivity index (χ1v) is 9.28. The number of hydrogen-bond acceptors (Lipinski definition) is 3. The van der Waals surface area contributed by atoms with Crippen molar-refractivity contribution in [2.75, 3.05) is 13.1 Å². The molecule has 1 aliphatic carbocycles. The molecular weight excluding hydrogens is 284 g/mol. The molecule has 0 radical (unpaired) electrons. The minimum absolute atomic E-state index is 0.233. The number of benzene rings is 1. The van der Waals surface area contributed by atoms with Gasteiger partial charge in [-0.1, -0.05) is 19.1 Å². The van der Waals surface area contributed by atoms with Gasteiger partial charge in [0.1, 0.15) is 0 Å². The van der Waals surface area contributed by atoms with Gasteiger partial charge in [-0.25, -0.2) is 8.42 Å². The van der Waals surface area contributed by atoms with Crippen LogP contribution in [0.15, 0.2) is 23.1 Å². The SMILES string of the molecule is CCNCc1ccc(C)c(S(=O)(=O)N2CC3CCC2C3)c1. The van der Waals surface area contributed by atoms with E-state index in [2.05, 4.69) is 5.32 Å². The van der Waals surface area contributed by atoms with Crippen LogP contribution in [0.1, 0.15) is 37.3 Å². The summed E-state index contributed by atoms with van der Waals surface area (Å²) in [7, 11) is -3.34. The molecule has 1 aliphatic heterocycles. The first-order chi connectivity index (χ1) is 10.0. The Morgan fingerprint density at radius 1 is 1.33 bits per heavy atom. The fraction of sp³-hybridized carbons (Fsp3) is 0.625. The second-order valence-corrected chi connectivity index (χ2v) is 8.15. The number of nitrogens with one attached hydrogen (secondary N) is 1. The fourth-order valence-corrected chi connectivity index (χ4v) is 5.62. The summed E-state index contributed by atoms with van der Waals surface area (Å²) in [6.07, 6.45) is 3.27. The molecule has 5 heteroatoms. The Labute approximate surface area is 127 Å². The molecule has 0 amide bonds. The molecule has 0 aromatic heterocycles. The van der Waals surface area contributed by atoms with Gasteiger partial charge in [-0.05, 0) is 55.8 Å². The smallest absolute Gasteiger partial charge is 0.243 e. The van der Waals surface area contributed by atoms with Gasteiger partial charge < -0.3 is 5.32 Å². The summed E-state index contributed by atoms with van der Waals surface area (Å²) in [5, 5.41) is 3.25. The van der Waals surface area contributed by atoms with Crippen molar-refractivity contribution in [3.05, 3.63) is 29.3 Å². The summed E-state index contributed by atoms with van der Waals surface area (Å²) in [6, 6.07) is 6.01. The Balaban J connectivity index is 1.91. The number of hydrogen-bond donors (Lipinski definition) is 1. The van der Waals surface area contributed by atoms with E-state index in [4.69, 9.17) is 0 Å². The van der Waals surface area contributed by atoms with Crippen molar-refractivity contribution in [1.29, 1.82) is 0 Å². The lowest BCUT2D eigenvalue weighted by molar-refractivity contribution is 0.333. The largest absolute Gasteiger partial charge is 0.313 e. The highest BCUT2D eigenvalue weighted by Crippen LogP contribution is 2.40. The summed E-state index contributed by atoms with van der Waals surface area (Å²) in [4.78, 5) is 0.491. The molecule has 1 aromatic carbocycles. The third-order valence-electron chi connectivity index (χ3n) is 4.78. The highest BCUT2D eigenvalue weighted by molar-refractivity contribution is 7.89. The molecule has 2 aliphatic rings. The molecule has 0 spiro atoms. The number of rotatable bonds is 5. The molecule has 1 N–H and O–H groups in total. The van der Waals surface area contributed by atoms with Crippen molar-refractivity contribution >= 4 is 10.0 Å². The zero-order valence-electron chi connectivity index (χ0n) is 12.8. The number of aryl methyl sites for hydroxylation is 1. The Morgan fingerprint density at radius 3 is 2.76 bits per heavy atom. The zero-order chi connectivity index (χ0) is 15.0. The van der Waals surface area contributed by atoms with Crippen LogP contribution in [0, 0.1) is 12.8 Å². The van der Waals surface area contributed by atoms with Crippen LogP contribution in [-0.4, -0.2) is 31.9 Å².